The molecule has 1 heterocycles. The maximum absolute atomic E-state index is 11.9. The molecule has 2 rings (SSSR count). The number of sulfonamides is 1. The maximum Gasteiger partial charge on any atom is 0.257 e. The minimum Gasteiger partial charge on any atom is -0.484 e. The molecule has 0 saturated carbocycles. The van der Waals surface area contributed by atoms with Crippen LogP contribution < -0.4 is 14.4 Å². The van der Waals surface area contributed by atoms with Gasteiger partial charge in [-0.05, 0) is 62.5 Å². The number of rotatable bonds is 9. The summed E-state index contributed by atoms with van der Waals surface area (Å²) in [7, 11) is -1.80. The van der Waals surface area contributed by atoms with Gasteiger partial charge in [0, 0.05) is 20.1 Å². The second-order valence-electron chi connectivity index (χ2n) is 7.26. The average Bonchev–Trinajstić information content (AvgIpc) is 2.63. The van der Waals surface area contributed by atoms with E-state index in [4.69, 9.17) is 4.74 Å². The molecule has 1 fully saturated rings. The SMILES string of the molecule is C[C@H]1CCCN(CCCNC(=O)COc2ccc(N(C)S(C)(=O)=O)cc2)C1. The van der Waals surface area contributed by atoms with Crippen LogP contribution in [-0.4, -0.2) is 65.3 Å². The van der Waals surface area contributed by atoms with Crippen LogP contribution in [0.2, 0.25) is 0 Å². The minimum absolute atomic E-state index is 0.0536. The van der Waals surface area contributed by atoms with Crippen molar-refractivity contribution in [1.29, 1.82) is 0 Å². The molecule has 1 aromatic carbocycles. The van der Waals surface area contributed by atoms with Crippen LogP contribution in [0.1, 0.15) is 26.2 Å². The van der Waals surface area contributed by atoms with E-state index in [0.717, 1.165) is 38.2 Å². The van der Waals surface area contributed by atoms with Gasteiger partial charge in [-0.15, -0.1) is 0 Å². The van der Waals surface area contributed by atoms with E-state index in [1.54, 1.807) is 24.3 Å². The smallest absolute Gasteiger partial charge is 0.257 e. The molecule has 27 heavy (non-hydrogen) atoms. The number of piperidine rings is 1. The molecule has 1 aromatic rings. The van der Waals surface area contributed by atoms with Crippen molar-refractivity contribution in [3.8, 4) is 5.75 Å². The third-order valence-corrected chi connectivity index (χ3v) is 5.99. The lowest BCUT2D eigenvalue weighted by Gasteiger charge is -2.30. The van der Waals surface area contributed by atoms with E-state index >= 15 is 0 Å². The number of benzene rings is 1. The van der Waals surface area contributed by atoms with E-state index < -0.39 is 10.0 Å². The molecule has 0 spiro atoms. The first-order valence-corrected chi connectivity index (χ1v) is 11.3. The highest BCUT2D eigenvalue weighted by Crippen LogP contribution is 2.20. The normalized spacial score (nSPS) is 18.1. The summed E-state index contributed by atoms with van der Waals surface area (Å²) in [6.07, 6.45) is 4.66. The van der Waals surface area contributed by atoms with Crippen LogP contribution in [0.5, 0.6) is 5.75 Å². The second kappa shape index (κ2) is 9.94. The Hall–Kier alpha value is -1.80. The molecule has 1 N–H and O–H groups in total. The number of anilines is 1. The number of ether oxygens (including phenoxy) is 1. The van der Waals surface area contributed by atoms with Crippen molar-refractivity contribution in [2.45, 2.75) is 26.2 Å². The standard InChI is InChI=1S/C19H31N3O4S/c1-16-6-4-12-22(14-16)13-5-11-20-19(23)15-26-18-9-7-17(8-10-18)21(2)27(3,24)25/h7-10,16H,4-6,11-15H2,1-3H3,(H,20,23)/t16-/m0/s1. The molecule has 0 bridgehead atoms. The Balaban J connectivity index is 1.65. The summed E-state index contributed by atoms with van der Waals surface area (Å²) in [5.74, 6) is 1.14. The van der Waals surface area contributed by atoms with Gasteiger partial charge in [-0.3, -0.25) is 9.10 Å². The minimum atomic E-state index is -3.29. The van der Waals surface area contributed by atoms with Gasteiger partial charge in [0.15, 0.2) is 6.61 Å². The zero-order valence-electron chi connectivity index (χ0n) is 16.5. The number of carbonyl (C=O) groups is 1. The van der Waals surface area contributed by atoms with E-state index in [1.165, 1.54) is 24.2 Å². The summed E-state index contributed by atoms with van der Waals surface area (Å²) in [4.78, 5) is 14.4. The van der Waals surface area contributed by atoms with Crippen LogP contribution in [0.25, 0.3) is 0 Å². The summed E-state index contributed by atoms with van der Waals surface area (Å²) in [6, 6.07) is 6.60. The highest BCUT2D eigenvalue weighted by atomic mass is 32.2. The van der Waals surface area contributed by atoms with Gasteiger partial charge >= 0.3 is 0 Å². The maximum atomic E-state index is 11.9. The highest BCUT2D eigenvalue weighted by molar-refractivity contribution is 7.92. The Kier molecular flexibility index (Phi) is 7.91. The third-order valence-electron chi connectivity index (χ3n) is 4.78. The van der Waals surface area contributed by atoms with Gasteiger partial charge in [0.1, 0.15) is 5.75 Å². The number of nitrogens with zero attached hydrogens (tertiary/aromatic N) is 2. The zero-order valence-corrected chi connectivity index (χ0v) is 17.3. The molecular formula is C19H31N3O4S. The third kappa shape index (κ3) is 7.38. The fourth-order valence-corrected chi connectivity index (χ4v) is 3.67. The quantitative estimate of drug-likeness (QED) is 0.642. The molecule has 0 aliphatic carbocycles. The van der Waals surface area contributed by atoms with Gasteiger partial charge in [0.25, 0.3) is 5.91 Å². The van der Waals surface area contributed by atoms with Gasteiger partial charge in [0.05, 0.1) is 11.9 Å². The van der Waals surface area contributed by atoms with E-state index in [0.29, 0.717) is 18.0 Å². The van der Waals surface area contributed by atoms with E-state index in [-0.39, 0.29) is 12.5 Å². The Bertz CT molecular complexity index is 706. The van der Waals surface area contributed by atoms with E-state index in [1.807, 2.05) is 0 Å². The topological polar surface area (TPSA) is 79.0 Å². The van der Waals surface area contributed by atoms with Gasteiger partial charge in [-0.25, -0.2) is 8.42 Å². The average molecular weight is 398 g/mol. The molecule has 1 saturated heterocycles. The first-order chi connectivity index (χ1) is 12.8. The molecule has 152 valence electrons. The lowest BCUT2D eigenvalue weighted by Crippen LogP contribution is -2.37. The predicted molar refractivity (Wildman–Crippen MR) is 108 cm³/mol. The fraction of sp³-hybridized carbons (Fsp3) is 0.632. The number of likely N-dealkylation sites (tertiary alicyclic amines) is 1. The molecular weight excluding hydrogens is 366 g/mol. The van der Waals surface area contributed by atoms with Crippen molar-refractivity contribution >= 4 is 21.6 Å². The Morgan fingerprint density at radius 1 is 1.33 bits per heavy atom. The van der Waals surface area contributed by atoms with Crippen molar-refractivity contribution in [3.05, 3.63) is 24.3 Å². The first-order valence-electron chi connectivity index (χ1n) is 9.41. The van der Waals surface area contributed by atoms with Crippen LogP contribution in [0.3, 0.4) is 0 Å². The van der Waals surface area contributed by atoms with Gasteiger partial charge in [-0.2, -0.15) is 0 Å². The number of amides is 1. The van der Waals surface area contributed by atoms with Crippen molar-refractivity contribution in [2.75, 3.05) is 50.4 Å². The molecule has 7 nitrogen and oxygen atoms in total. The monoisotopic (exact) mass is 397 g/mol. The lowest BCUT2D eigenvalue weighted by molar-refractivity contribution is -0.123. The Labute approximate surface area is 162 Å². The van der Waals surface area contributed by atoms with Crippen LogP contribution in [0.4, 0.5) is 5.69 Å². The number of nitrogens with one attached hydrogen (secondary N) is 1. The highest BCUT2D eigenvalue weighted by Gasteiger charge is 2.15. The Morgan fingerprint density at radius 3 is 2.67 bits per heavy atom. The molecule has 0 radical (unpaired) electrons. The van der Waals surface area contributed by atoms with Crippen LogP contribution in [0.15, 0.2) is 24.3 Å². The van der Waals surface area contributed by atoms with Gasteiger partial charge < -0.3 is 15.0 Å². The van der Waals surface area contributed by atoms with Crippen molar-refractivity contribution < 1.29 is 17.9 Å². The first kappa shape index (κ1) is 21.5. The van der Waals surface area contributed by atoms with E-state index in [9.17, 15) is 13.2 Å². The van der Waals surface area contributed by atoms with Crippen LogP contribution >= 0.6 is 0 Å². The molecule has 1 amide bonds. The summed E-state index contributed by atoms with van der Waals surface area (Å²) in [5.41, 5.74) is 0.543. The second-order valence-corrected chi connectivity index (χ2v) is 9.28. The summed E-state index contributed by atoms with van der Waals surface area (Å²) in [6.45, 7) is 6.21. The molecule has 1 aliphatic heterocycles. The predicted octanol–water partition coefficient (Wildman–Crippen LogP) is 1.70. The molecule has 0 unspecified atom stereocenters. The van der Waals surface area contributed by atoms with Crippen LogP contribution in [0, 0.1) is 5.92 Å². The number of carbonyl (C=O) groups excluding carboxylic acids is 1. The molecule has 1 aliphatic rings. The summed E-state index contributed by atoms with van der Waals surface area (Å²) >= 11 is 0. The van der Waals surface area contributed by atoms with Crippen molar-refractivity contribution in [1.82, 2.24) is 10.2 Å². The molecule has 8 heteroatoms. The molecule has 1 atom stereocenters. The summed E-state index contributed by atoms with van der Waals surface area (Å²) in [5, 5.41) is 2.88. The van der Waals surface area contributed by atoms with Gasteiger partial charge in [-0.1, -0.05) is 6.92 Å². The largest absolute Gasteiger partial charge is 0.484 e. The van der Waals surface area contributed by atoms with Crippen molar-refractivity contribution in [2.24, 2.45) is 5.92 Å². The van der Waals surface area contributed by atoms with Crippen LogP contribution in [-0.2, 0) is 14.8 Å². The zero-order chi connectivity index (χ0) is 19.9. The number of hydrogen-bond donors (Lipinski definition) is 1. The summed E-state index contributed by atoms with van der Waals surface area (Å²) < 4.78 is 29.7. The Morgan fingerprint density at radius 2 is 2.04 bits per heavy atom. The van der Waals surface area contributed by atoms with Crippen molar-refractivity contribution in [3.63, 3.8) is 0 Å². The van der Waals surface area contributed by atoms with E-state index in [2.05, 4.69) is 17.1 Å². The fourth-order valence-electron chi connectivity index (χ4n) is 3.16. The van der Waals surface area contributed by atoms with Gasteiger partial charge in [0.2, 0.25) is 10.0 Å². The molecule has 0 aromatic heterocycles. The lowest BCUT2D eigenvalue weighted by atomic mass is 10.0. The number of hydrogen-bond acceptors (Lipinski definition) is 5.